The molecule has 4 N–H and O–H groups in total. The van der Waals surface area contributed by atoms with E-state index in [9.17, 15) is 15.0 Å². The molecule has 0 radical (unpaired) electrons. The third-order valence-corrected chi connectivity index (χ3v) is 9.07. The minimum absolute atomic E-state index is 0.243. The van der Waals surface area contributed by atoms with Gasteiger partial charge in [0.05, 0.1) is 28.6 Å². The van der Waals surface area contributed by atoms with Gasteiger partial charge < -0.3 is 20.8 Å². The number of hydrogen-bond acceptors (Lipinski definition) is 8. The van der Waals surface area contributed by atoms with E-state index in [0.29, 0.717) is 41.7 Å². The van der Waals surface area contributed by atoms with Crippen molar-refractivity contribution in [1.29, 1.82) is 0 Å². The number of β-amino-alcohol motifs (C(OH)–C–C–N with tert-alkyl or cyclic N) is 1. The molecule has 0 saturated carbocycles. The van der Waals surface area contributed by atoms with Crippen LogP contribution in [0.2, 0.25) is 5.02 Å². The first-order valence-corrected chi connectivity index (χ1v) is 15.6. The van der Waals surface area contributed by atoms with E-state index in [1.54, 1.807) is 23.0 Å². The number of carbonyl (C=O) groups is 1. The highest BCUT2D eigenvalue weighted by Gasteiger charge is 2.24. The number of pyridine rings is 2. The Morgan fingerprint density at radius 2 is 1.84 bits per heavy atom. The first-order valence-electron chi connectivity index (χ1n) is 15.2. The summed E-state index contributed by atoms with van der Waals surface area (Å²) in [6, 6.07) is 17.2. The van der Waals surface area contributed by atoms with Crippen molar-refractivity contribution in [3.05, 3.63) is 94.5 Å². The summed E-state index contributed by atoms with van der Waals surface area (Å²) in [5.74, 6) is 0.266. The summed E-state index contributed by atoms with van der Waals surface area (Å²) in [5.41, 5.74) is 6.74. The monoisotopic (exact) mass is 623 g/mol. The van der Waals surface area contributed by atoms with E-state index in [1.165, 1.54) is 0 Å². The number of rotatable bonds is 7. The second-order valence-corrected chi connectivity index (χ2v) is 12.2. The third-order valence-electron chi connectivity index (χ3n) is 8.67. The zero-order valence-electron chi connectivity index (χ0n) is 24.9. The summed E-state index contributed by atoms with van der Waals surface area (Å²) in [5, 5.41) is 32.3. The SMILES string of the molecule is Cc1c(Nc2nccc3cc(CN4CC[C@@H](O)C4)cnc23)cccc1-c1cccc(NC(=O)c2cc3n(n2)CCCC3O)c1Cl. The molecule has 0 spiro atoms. The lowest BCUT2D eigenvalue weighted by molar-refractivity contribution is 0.102. The van der Waals surface area contributed by atoms with Gasteiger partial charge in [0.1, 0.15) is 5.52 Å². The Kier molecular flexibility index (Phi) is 7.97. The van der Waals surface area contributed by atoms with Gasteiger partial charge in [0, 0.05) is 55.2 Å². The molecule has 5 heterocycles. The van der Waals surface area contributed by atoms with Gasteiger partial charge in [-0.3, -0.25) is 19.4 Å². The number of amides is 1. The highest BCUT2D eigenvalue weighted by atomic mass is 35.5. The van der Waals surface area contributed by atoms with Gasteiger partial charge in [0.15, 0.2) is 11.5 Å². The molecule has 7 rings (SSSR count). The van der Waals surface area contributed by atoms with Gasteiger partial charge in [-0.2, -0.15) is 5.10 Å². The molecule has 1 unspecified atom stereocenters. The number of halogens is 1. The normalized spacial score (nSPS) is 18.2. The number of aromatic nitrogens is 4. The largest absolute Gasteiger partial charge is 0.392 e. The fraction of sp³-hybridized carbons (Fsp3) is 0.294. The van der Waals surface area contributed by atoms with Crippen LogP contribution in [0, 0.1) is 6.92 Å². The van der Waals surface area contributed by atoms with Gasteiger partial charge in [0.2, 0.25) is 0 Å². The summed E-state index contributed by atoms with van der Waals surface area (Å²) in [7, 11) is 0. The Hall–Kier alpha value is -4.35. The summed E-state index contributed by atoms with van der Waals surface area (Å²) in [6.07, 6.45) is 5.07. The van der Waals surface area contributed by atoms with Gasteiger partial charge >= 0.3 is 0 Å². The maximum absolute atomic E-state index is 13.1. The standard InChI is InChI=1S/C34H34ClN7O3/c1-20-24(25-6-3-8-27(31(25)35)39-34(45)28-16-29-30(44)9-4-13-42(29)40-28)5-2-7-26(20)38-33-32-22(10-12-36-33)15-21(17-37-32)18-41-14-11-23(43)19-41/h2-3,5-8,10,12,15-17,23,30,43-44H,4,9,11,13-14,18-19H2,1H3,(H,36,38)(H,39,45)/t23-,30?/m1/s1. The van der Waals surface area contributed by atoms with Gasteiger partial charge in [-0.1, -0.05) is 35.9 Å². The van der Waals surface area contributed by atoms with Gasteiger partial charge in [0.25, 0.3) is 5.91 Å². The first kappa shape index (κ1) is 29.4. The number of aliphatic hydroxyl groups excluding tert-OH is 2. The van der Waals surface area contributed by atoms with Crippen LogP contribution in [0.3, 0.4) is 0 Å². The third kappa shape index (κ3) is 5.89. The van der Waals surface area contributed by atoms with Crippen molar-refractivity contribution in [3.8, 4) is 11.1 Å². The quantitative estimate of drug-likeness (QED) is 0.178. The molecule has 10 nitrogen and oxygen atoms in total. The number of anilines is 3. The molecule has 0 bridgehead atoms. The van der Waals surface area contributed by atoms with E-state index in [4.69, 9.17) is 16.6 Å². The number of fused-ring (bicyclic) bond motifs is 2. The Morgan fingerprint density at radius 1 is 1.02 bits per heavy atom. The Morgan fingerprint density at radius 3 is 2.64 bits per heavy atom. The summed E-state index contributed by atoms with van der Waals surface area (Å²) < 4.78 is 1.70. The van der Waals surface area contributed by atoms with E-state index in [0.717, 1.165) is 64.8 Å². The molecule has 11 heteroatoms. The van der Waals surface area contributed by atoms with Crippen LogP contribution in [0.15, 0.2) is 67.0 Å². The number of aryl methyl sites for hydroxylation is 1. The summed E-state index contributed by atoms with van der Waals surface area (Å²) >= 11 is 6.90. The molecule has 45 heavy (non-hydrogen) atoms. The predicted octanol–water partition coefficient (Wildman–Crippen LogP) is 5.84. The number of carbonyl (C=O) groups excluding carboxylic acids is 1. The van der Waals surface area contributed by atoms with Crippen molar-refractivity contribution < 1.29 is 15.0 Å². The van der Waals surface area contributed by atoms with Crippen molar-refractivity contribution >= 4 is 45.6 Å². The van der Waals surface area contributed by atoms with Crippen LogP contribution in [0.4, 0.5) is 17.2 Å². The molecule has 1 saturated heterocycles. The second kappa shape index (κ2) is 12.2. The lowest BCUT2D eigenvalue weighted by Gasteiger charge is -2.18. The van der Waals surface area contributed by atoms with Crippen LogP contribution >= 0.6 is 11.6 Å². The van der Waals surface area contributed by atoms with Gasteiger partial charge in [-0.05, 0) is 73.2 Å². The van der Waals surface area contributed by atoms with Crippen LogP contribution in [-0.2, 0) is 13.1 Å². The van der Waals surface area contributed by atoms with Crippen molar-refractivity contribution in [1.82, 2.24) is 24.6 Å². The molecule has 3 aromatic heterocycles. The van der Waals surface area contributed by atoms with Crippen LogP contribution in [0.25, 0.3) is 22.0 Å². The van der Waals surface area contributed by atoms with Crippen LogP contribution in [-0.4, -0.2) is 60.0 Å². The molecular formula is C34H34ClN7O3. The van der Waals surface area contributed by atoms with Crippen LogP contribution in [0.1, 0.15) is 52.7 Å². The molecule has 2 aliphatic rings. The van der Waals surface area contributed by atoms with Gasteiger partial charge in [-0.15, -0.1) is 0 Å². The molecule has 230 valence electrons. The number of nitrogens with zero attached hydrogens (tertiary/aromatic N) is 5. The molecule has 2 aromatic carbocycles. The van der Waals surface area contributed by atoms with Gasteiger partial charge in [-0.25, -0.2) is 4.98 Å². The Balaban J connectivity index is 1.13. The Bertz CT molecular complexity index is 1910. The summed E-state index contributed by atoms with van der Waals surface area (Å²) in [4.78, 5) is 24.7. The number of aliphatic hydroxyl groups is 2. The number of hydrogen-bond donors (Lipinski definition) is 4. The molecular weight excluding hydrogens is 590 g/mol. The number of benzene rings is 2. The van der Waals surface area contributed by atoms with E-state index < -0.39 is 6.10 Å². The van der Waals surface area contributed by atoms with Crippen molar-refractivity contribution in [2.45, 2.75) is 51.5 Å². The van der Waals surface area contributed by atoms with E-state index in [2.05, 4.69) is 31.7 Å². The highest BCUT2D eigenvalue weighted by Crippen LogP contribution is 2.38. The van der Waals surface area contributed by atoms with Crippen molar-refractivity contribution in [3.63, 3.8) is 0 Å². The minimum Gasteiger partial charge on any atom is -0.392 e. The topological polar surface area (TPSA) is 128 Å². The first-order chi connectivity index (χ1) is 21.8. The molecule has 1 amide bonds. The lowest BCUT2D eigenvalue weighted by atomic mass is 9.98. The minimum atomic E-state index is -0.614. The smallest absolute Gasteiger partial charge is 0.276 e. The average molecular weight is 624 g/mol. The molecule has 1 fully saturated rings. The predicted molar refractivity (Wildman–Crippen MR) is 175 cm³/mol. The molecule has 5 aromatic rings. The number of likely N-dealkylation sites (tertiary alicyclic amines) is 1. The van der Waals surface area contributed by atoms with Crippen molar-refractivity contribution in [2.24, 2.45) is 0 Å². The summed E-state index contributed by atoms with van der Waals surface area (Å²) in [6.45, 7) is 5.01. The van der Waals surface area contributed by atoms with E-state index in [-0.39, 0.29) is 17.7 Å². The van der Waals surface area contributed by atoms with Crippen LogP contribution in [0.5, 0.6) is 0 Å². The number of nitrogens with one attached hydrogen (secondary N) is 2. The fourth-order valence-electron chi connectivity index (χ4n) is 6.28. The van der Waals surface area contributed by atoms with E-state index in [1.807, 2.05) is 49.5 Å². The molecule has 2 atom stereocenters. The van der Waals surface area contributed by atoms with E-state index >= 15 is 0 Å². The second-order valence-electron chi connectivity index (χ2n) is 11.8. The maximum atomic E-state index is 13.1. The van der Waals surface area contributed by atoms with Crippen molar-refractivity contribution in [2.75, 3.05) is 23.7 Å². The zero-order valence-corrected chi connectivity index (χ0v) is 25.6. The average Bonchev–Trinajstić information content (AvgIpc) is 3.66. The molecule has 2 aliphatic heterocycles. The van der Waals surface area contributed by atoms with Crippen LogP contribution < -0.4 is 10.6 Å². The Labute approximate surface area is 265 Å². The molecule has 0 aliphatic carbocycles. The maximum Gasteiger partial charge on any atom is 0.276 e. The fourth-order valence-corrected chi connectivity index (χ4v) is 6.56. The highest BCUT2D eigenvalue weighted by molar-refractivity contribution is 6.36. The zero-order chi connectivity index (χ0) is 31.1. The lowest BCUT2D eigenvalue weighted by Crippen LogP contribution is -2.21.